The highest BCUT2D eigenvalue weighted by atomic mass is 32.2. The van der Waals surface area contributed by atoms with E-state index in [0.717, 1.165) is 21.7 Å². The van der Waals surface area contributed by atoms with Crippen LogP contribution >= 0.6 is 11.8 Å². The minimum Gasteiger partial charge on any atom is -0.351 e. The molecule has 5 heteroatoms. The molecule has 3 aromatic rings. The van der Waals surface area contributed by atoms with E-state index >= 15 is 0 Å². The molecule has 2 heterocycles. The standard InChI is InChI=1S/C17H17N3OS/c1-20-10-7-13-5-6-14(12-15(13)20)17(21)19-9-11-22-16-4-2-3-8-18-16/h2-8,10,12H,9,11H2,1H3,(H,19,21). The van der Waals surface area contributed by atoms with Crippen LogP contribution in [-0.4, -0.2) is 27.8 Å². The van der Waals surface area contributed by atoms with Gasteiger partial charge in [0, 0.05) is 42.8 Å². The fourth-order valence-electron chi connectivity index (χ4n) is 2.26. The lowest BCUT2D eigenvalue weighted by atomic mass is 10.1. The fourth-order valence-corrected chi connectivity index (χ4v) is 2.98. The second-order valence-electron chi connectivity index (χ2n) is 4.97. The van der Waals surface area contributed by atoms with Gasteiger partial charge in [-0.15, -0.1) is 11.8 Å². The molecule has 0 spiro atoms. The molecule has 22 heavy (non-hydrogen) atoms. The van der Waals surface area contributed by atoms with Crippen molar-refractivity contribution in [2.45, 2.75) is 5.03 Å². The zero-order valence-electron chi connectivity index (χ0n) is 12.3. The summed E-state index contributed by atoms with van der Waals surface area (Å²) in [5, 5.41) is 5.07. The van der Waals surface area contributed by atoms with Gasteiger partial charge in [-0.05, 0) is 35.7 Å². The third kappa shape index (κ3) is 3.31. The van der Waals surface area contributed by atoms with Crippen molar-refractivity contribution in [1.29, 1.82) is 0 Å². The molecule has 3 rings (SSSR count). The first-order valence-electron chi connectivity index (χ1n) is 7.11. The lowest BCUT2D eigenvalue weighted by molar-refractivity contribution is 0.0956. The normalized spacial score (nSPS) is 10.8. The number of aryl methyl sites for hydroxylation is 1. The van der Waals surface area contributed by atoms with E-state index in [1.165, 1.54) is 0 Å². The number of carbonyl (C=O) groups excluding carboxylic acids is 1. The second-order valence-corrected chi connectivity index (χ2v) is 6.09. The second kappa shape index (κ2) is 6.66. The number of rotatable bonds is 5. The van der Waals surface area contributed by atoms with Crippen molar-refractivity contribution < 1.29 is 4.79 Å². The van der Waals surface area contributed by atoms with Gasteiger partial charge in [0.05, 0.1) is 5.03 Å². The predicted octanol–water partition coefficient (Wildman–Crippen LogP) is 3.10. The van der Waals surface area contributed by atoms with Gasteiger partial charge in [0.25, 0.3) is 5.91 Å². The van der Waals surface area contributed by atoms with E-state index in [-0.39, 0.29) is 5.91 Å². The van der Waals surface area contributed by atoms with Gasteiger partial charge in [-0.1, -0.05) is 12.1 Å². The summed E-state index contributed by atoms with van der Waals surface area (Å²) in [4.78, 5) is 16.4. The van der Waals surface area contributed by atoms with E-state index in [1.54, 1.807) is 18.0 Å². The number of nitrogens with zero attached hydrogens (tertiary/aromatic N) is 2. The van der Waals surface area contributed by atoms with E-state index in [9.17, 15) is 4.79 Å². The number of nitrogens with one attached hydrogen (secondary N) is 1. The van der Waals surface area contributed by atoms with Crippen molar-refractivity contribution >= 4 is 28.6 Å². The Morgan fingerprint density at radius 2 is 2.18 bits per heavy atom. The number of hydrogen-bond acceptors (Lipinski definition) is 3. The summed E-state index contributed by atoms with van der Waals surface area (Å²) in [6.45, 7) is 0.616. The fraction of sp³-hybridized carbons (Fsp3) is 0.176. The van der Waals surface area contributed by atoms with E-state index in [1.807, 2.05) is 60.3 Å². The number of benzene rings is 1. The molecule has 112 valence electrons. The van der Waals surface area contributed by atoms with Crippen molar-refractivity contribution in [1.82, 2.24) is 14.9 Å². The van der Waals surface area contributed by atoms with Crippen molar-refractivity contribution in [2.24, 2.45) is 7.05 Å². The van der Waals surface area contributed by atoms with Crippen LogP contribution in [0.1, 0.15) is 10.4 Å². The predicted molar refractivity (Wildman–Crippen MR) is 90.2 cm³/mol. The lowest BCUT2D eigenvalue weighted by Gasteiger charge is -2.06. The number of aromatic nitrogens is 2. The molecule has 0 saturated heterocycles. The Bertz CT molecular complexity index is 783. The Morgan fingerprint density at radius 1 is 1.27 bits per heavy atom. The van der Waals surface area contributed by atoms with Gasteiger partial charge >= 0.3 is 0 Å². The molecule has 1 amide bonds. The van der Waals surface area contributed by atoms with Gasteiger partial charge in [-0.3, -0.25) is 4.79 Å². The molecule has 0 fully saturated rings. The van der Waals surface area contributed by atoms with E-state index in [4.69, 9.17) is 0 Å². The van der Waals surface area contributed by atoms with Crippen LogP contribution in [0.5, 0.6) is 0 Å². The quantitative estimate of drug-likeness (QED) is 0.582. The Balaban J connectivity index is 1.55. The van der Waals surface area contributed by atoms with Crippen molar-refractivity contribution in [2.75, 3.05) is 12.3 Å². The maximum Gasteiger partial charge on any atom is 0.251 e. The van der Waals surface area contributed by atoms with Gasteiger partial charge in [0.2, 0.25) is 0 Å². The molecular formula is C17H17N3OS. The first kappa shape index (κ1) is 14.7. The first-order chi connectivity index (χ1) is 10.7. The van der Waals surface area contributed by atoms with Gasteiger partial charge in [-0.2, -0.15) is 0 Å². The van der Waals surface area contributed by atoms with E-state index in [0.29, 0.717) is 12.1 Å². The van der Waals surface area contributed by atoms with Crippen LogP contribution < -0.4 is 5.32 Å². The van der Waals surface area contributed by atoms with Crippen LogP contribution in [0, 0.1) is 0 Å². The average Bonchev–Trinajstić information content (AvgIpc) is 2.93. The van der Waals surface area contributed by atoms with Crippen LogP contribution in [0.25, 0.3) is 10.9 Å². The molecule has 4 nitrogen and oxygen atoms in total. The number of thioether (sulfide) groups is 1. The van der Waals surface area contributed by atoms with Gasteiger partial charge in [0.1, 0.15) is 0 Å². The zero-order valence-corrected chi connectivity index (χ0v) is 13.1. The first-order valence-corrected chi connectivity index (χ1v) is 8.10. The molecule has 0 aliphatic rings. The molecule has 0 atom stereocenters. The summed E-state index contributed by atoms with van der Waals surface area (Å²) in [5.74, 6) is 0.763. The van der Waals surface area contributed by atoms with Crippen LogP contribution in [-0.2, 0) is 7.05 Å². The van der Waals surface area contributed by atoms with Gasteiger partial charge < -0.3 is 9.88 Å². The van der Waals surface area contributed by atoms with Crippen LogP contribution in [0.3, 0.4) is 0 Å². The lowest BCUT2D eigenvalue weighted by Crippen LogP contribution is -2.25. The largest absolute Gasteiger partial charge is 0.351 e. The molecule has 0 aliphatic heterocycles. The third-order valence-corrected chi connectivity index (χ3v) is 4.37. The van der Waals surface area contributed by atoms with Crippen LogP contribution in [0.15, 0.2) is 59.9 Å². The number of pyridine rings is 1. The Hall–Kier alpha value is -2.27. The molecule has 1 N–H and O–H groups in total. The summed E-state index contributed by atoms with van der Waals surface area (Å²) in [6.07, 6.45) is 3.77. The van der Waals surface area contributed by atoms with Crippen LogP contribution in [0.4, 0.5) is 0 Å². The average molecular weight is 311 g/mol. The van der Waals surface area contributed by atoms with E-state index < -0.39 is 0 Å². The highest BCUT2D eigenvalue weighted by molar-refractivity contribution is 7.99. The van der Waals surface area contributed by atoms with Gasteiger partial charge in [0.15, 0.2) is 0 Å². The molecule has 0 aliphatic carbocycles. The maximum absolute atomic E-state index is 12.2. The Morgan fingerprint density at radius 3 is 3.00 bits per heavy atom. The zero-order chi connectivity index (χ0) is 15.4. The highest BCUT2D eigenvalue weighted by Gasteiger charge is 2.07. The summed E-state index contributed by atoms with van der Waals surface area (Å²) >= 11 is 1.63. The van der Waals surface area contributed by atoms with Crippen molar-refractivity contribution in [3.05, 3.63) is 60.4 Å². The summed E-state index contributed by atoms with van der Waals surface area (Å²) < 4.78 is 2.02. The van der Waals surface area contributed by atoms with Crippen molar-refractivity contribution in [3.63, 3.8) is 0 Å². The molecule has 2 aromatic heterocycles. The van der Waals surface area contributed by atoms with Crippen molar-refractivity contribution in [3.8, 4) is 0 Å². The summed E-state index contributed by atoms with van der Waals surface area (Å²) in [5.41, 5.74) is 1.76. The molecule has 0 saturated carbocycles. The molecule has 0 bridgehead atoms. The highest BCUT2D eigenvalue weighted by Crippen LogP contribution is 2.17. The monoisotopic (exact) mass is 311 g/mol. The minimum atomic E-state index is -0.0373. The van der Waals surface area contributed by atoms with E-state index in [2.05, 4.69) is 10.3 Å². The van der Waals surface area contributed by atoms with Crippen LogP contribution in [0.2, 0.25) is 0 Å². The minimum absolute atomic E-state index is 0.0373. The summed E-state index contributed by atoms with van der Waals surface area (Å²) in [7, 11) is 1.98. The molecule has 0 radical (unpaired) electrons. The SMILES string of the molecule is Cn1ccc2ccc(C(=O)NCCSc3ccccn3)cc21. The molecule has 1 aromatic carbocycles. The number of fused-ring (bicyclic) bond motifs is 1. The van der Waals surface area contributed by atoms with Gasteiger partial charge in [-0.25, -0.2) is 4.98 Å². The topological polar surface area (TPSA) is 46.9 Å². The number of amides is 1. The number of carbonyl (C=O) groups is 1. The smallest absolute Gasteiger partial charge is 0.251 e. The molecule has 0 unspecified atom stereocenters. The number of hydrogen-bond donors (Lipinski definition) is 1. The Kier molecular flexibility index (Phi) is 4.44. The molecular weight excluding hydrogens is 294 g/mol. The third-order valence-electron chi connectivity index (χ3n) is 3.43. The maximum atomic E-state index is 12.2. The Labute approximate surface area is 133 Å². The summed E-state index contributed by atoms with van der Waals surface area (Å²) in [6, 6.07) is 13.6.